The molecule has 0 bridgehead atoms. The summed E-state index contributed by atoms with van der Waals surface area (Å²) >= 11 is 0. The van der Waals surface area contributed by atoms with E-state index >= 15 is 0 Å². The van der Waals surface area contributed by atoms with Crippen LogP contribution < -0.4 is 19.1 Å². The van der Waals surface area contributed by atoms with Crippen LogP contribution in [-0.2, 0) is 32.6 Å². The largest absolute Gasteiger partial charge is 0.497 e. The number of sulfonamides is 1. The number of aryl methyl sites for hydroxylation is 1. The molecular formula is C38H42N4O8S. The molecule has 1 aliphatic carbocycles. The molecule has 13 heteroatoms. The normalized spacial score (nSPS) is 13.6. The van der Waals surface area contributed by atoms with Gasteiger partial charge in [0.25, 0.3) is 15.7 Å². The van der Waals surface area contributed by atoms with Gasteiger partial charge in [0.05, 0.1) is 29.7 Å². The molecule has 1 saturated carbocycles. The van der Waals surface area contributed by atoms with E-state index in [1.54, 1.807) is 36.4 Å². The zero-order valence-corrected chi connectivity index (χ0v) is 29.7. The highest BCUT2D eigenvalue weighted by atomic mass is 32.2. The Morgan fingerprint density at radius 2 is 1.55 bits per heavy atom. The van der Waals surface area contributed by atoms with Crippen LogP contribution in [0.1, 0.15) is 42.4 Å². The Bertz CT molecular complexity index is 1950. The van der Waals surface area contributed by atoms with Crippen LogP contribution >= 0.6 is 0 Å². The summed E-state index contributed by atoms with van der Waals surface area (Å²) in [5, 5.41) is 14.9. The third kappa shape index (κ3) is 9.03. The maximum Gasteiger partial charge on any atom is 0.273 e. The minimum absolute atomic E-state index is 0.0296. The third-order valence-electron chi connectivity index (χ3n) is 9.06. The van der Waals surface area contributed by atoms with E-state index in [1.165, 1.54) is 50.3 Å². The van der Waals surface area contributed by atoms with Gasteiger partial charge in [-0.2, -0.15) is 0 Å². The first-order chi connectivity index (χ1) is 24.5. The average molecular weight is 715 g/mol. The fraction of sp³-hybridized carbons (Fsp3) is 0.316. The maximum atomic E-state index is 14.8. The van der Waals surface area contributed by atoms with E-state index in [2.05, 4.69) is 5.32 Å². The summed E-state index contributed by atoms with van der Waals surface area (Å²) < 4.78 is 40.4. The van der Waals surface area contributed by atoms with Gasteiger partial charge in [0.2, 0.25) is 11.8 Å². The molecule has 4 aromatic rings. The molecule has 2 amide bonds. The molecular weight excluding hydrogens is 673 g/mol. The smallest absolute Gasteiger partial charge is 0.273 e. The molecule has 1 aliphatic rings. The zero-order valence-electron chi connectivity index (χ0n) is 28.9. The van der Waals surface area contributed by atoms with Crippen LogP contribution in [-0.4, -0.2) is 62.9 Å². The molecule has 1 atom stereocenters. The Labute approximate surface area is 298 Å². The lowest BCUT2D eigenvalue weighted by molar-refractivity contribution is -0.385. The number of nitro benzene ring substituents is 1. The molecule has 1 fully saturated rings. The number of rotatable bonds is 15. The number of benzene rings is 4. The van der Waals surface area contributed by atoms with Gasteiger partial charge in [-0.05, 0) is 73.4 Å². The lowest BCUT2D eigenvalue weighted by Gasteiger charge is -2.34. The minimum atomic E-state index is -4.56. The van der Waals surface area contributed by atoms with Crippen LogP contribution in [0.2, 0.25) is 0 Å². The van der Waals surface area contributed by atoms with Gasteiger partial charge in [0.1, 0.15) is 24.1 Å². The van der Waals surface area contributed by atoms with Crippen LogP contribution in [0.15, 0.2) is 102 Å². The molecule has 0 radical (unpaired) electrons. The van der Waals surface area contributed by atoms with Crippen molar-refractivity contribution >= 4 is 33.2 Å². The van der Waals surface area contributed by atoms with Gasteiger partial charge >= 0.3 is 0 Å². The lowest BCUT2D eigenvalue weighted by atomic mass is 10.0. The van der Waals surface area contributed by atoms with Crippen molar-refractivity contribution in [2.24, 2.45) is 0 Å². The van der Waals surface area contributed by atoms with Crippen LogP contribution in [0.5, 0.6) is 11.5 Å². The van der Waals surface area contributed by atoms with Crippen LogP contribution in [0, 0.1) is 17.0 Å². The second-order valence-corrected chi connectivity index (χ2v) is 14.3. The van der Waals surface area contributed by atoms with E-state index in [0.29, 0.717) is 17.1 Å². The van der Waals surface area contributed by atoms with E-state index < -0.39 is 33.4 Å². The van der Waals surface area contributed by atoms with E-state index in [4.69, 9.17) is 9.47 Å². The summed E-state index contributed by atoms with van der Waals surface area (Å²) in [5.41, 5.74) is 1.53. The molecule has 51 heavy (non-hydrogen) atoms. The van der Waals surface area contributed by atoms with Gasteiger partial charge < -0.3 is 19.7 Å². The first-order valence-corrected chi connectivity index (χ1v) is 18.1. The van der Waals surface area contributed by atoms with Crippen molar-refractivity contribution < 1.29 is 32.4 Å². The van der Waals surface area contributed by atoms with Crippen molar-refractivity contribution in [3.63, 3.8) is 0 Å². The number of methoxy groups -OCH3 is 2. The number of anilines is 1. The van der Waals surface area contributed by atoms with Gasteiger partial charge in [-0.15, -0.1) is 0 Å². The Kier molecular flexibility index (Phi) is 11.9. The third-order valence-corrected chi connectivity index (χ3v) is 10.8. The topological polar surface area (TPSA) is 148 Å². The molecule has 5 rings (SSSR count). The number of hydrogen-bond acceptors (Lipinski definition) is 8. The molecule has 0 aromatic heterocycles. The molecule has 268 valence electrons. The quantitative estimate of drug-likeness (QED) is 0.120. The summed E-state index contributed by atoms with van der Waals surface area (Å²) in [4.78, 5) is 41.2. The van der Waals surface area contributed by atoms with Crippen molar-refractivity contribution in [1.29, 1.82) is 0 Å². The first kappa shape index (κ1) is 36.8. The molecule has 0 aliphatic heterocycles. The monoisotopic (exact) mass is 714 g/mol. The van der Waals surface area contributed by atoms with Crippen molar-refractivity contribution in [2.75, 3.05) is 25.1 Å². The summed E-state index contributed by atoms with van der Waals surface area (Å²) in [7, 11) is -1.56. The Hall–Kier alpha value is -5.43. The number of nitrogens with zero attached hydrogens (tertiary/aromatic N) is 3. The molecule has 1 N–H and O–H groups in total. The fourth-order valence-electron chi connectivity index (χ4n) is 6.24. The number of ether oxygens (including phenoxy) is 2. The van der Waals surface area contributed by atoms with Gasteiger partial charge in [0, 0.05) is 30.6 Å². The molecule has 0 heterocycles. The predicted molar refractivity (Wildman–Crippen MR) is 193 cm³/mol. The molecule has 0 saturated heterocycles. The number of carbonyl (C=O) groups excluding carboxylic acids is 2. The van der Waals surface area contributed by atoms with Gasteiger partial charge in [-0.1, -0.05) is 61.4 Å². The van der Waals surface area contributed by atoms with Gasteiger partial charge in [-0.25, -0.2) is 8.42 Å². The standard InChI is InChI=1S/C38H42N4O8S/c1-27-16-21-34(24-35(27)42(45)46)51(47,48)41(31-17-19-32(49-2)20-18-31)26-37(43)40(25-29-12-9-15-33(22-29)50-3)36(23-28-10-5-4-6-11-28)38(44)39-30-13-7-8-14-30/h4-6,9-12,15-22,24,30,36H,7-8,13-14,23,25-26H2,1-3H3,(H,39,44)/t36-/m0/s1. The SMILES string of the molecule is COc1ccc(N(CC(=O)N(Cc2cccc(OC)c2)[C@@H](Cc2ccccc2)C(=O)NC2CCCC2)S(=O)(=O)c2ccc(C)c([N+](=O)[O-])c2)cc1. The Morgan fingerprint density at radius 1 is 0.882 bits per heavy atom. The molecule has 4 aromatic carbocycles. The number of nitrogens with one attached hydrogen (secondary N) is 1. The number of carbonyl (C=O) groups is 2. The highest BCUT2D eigenvalue weighted by Crippen LogP contribution is 2.30. The lowest BCUT2D eigenvalue weighted by Crippen LogP contribution is -2.54. The summed E-state index contributed by atoms with van der Waals surface area (Å²) in [6.45, 7) is 0.777. The maximum absolute atomic E-state index is 14.8. The Balaban J connectivity index is 1.60. The van der Waals surface area contributed by atoms with E-state index in [-0.39, 0.29) is 46.7 Å². The van der Waals surface area contributed by atoms with Gasteiger partial charge in [0.15, 0.2) is 0 Å². The van der Waals surface area contributed by atoms with Gasteiger partial charge in [-0.3, -0.25) is 24.0 Å². The van der Waals surface area contributed by atoms with E-state index in [9.17, 15) is 28.1 Å². The fourth-order valence-corrected chi connectivity index (χ4v) is 7.67. The summed E-state index contributed by atoms with van der Waals surface area (Å²) in [6.07, 6.45) is 3.83. The highest BCUT2D eigenvalue weighted by Gasteiger charge is 2.36. The van der Waals surface area contributed by atoms with Crippen LogP contribution in [0.25, 0.3) is 0 Å². The Morgan fingerprint density at radius 3 is 2.20 bits per heavy atom. The minimum Gasteiger partial charge on any atom is -0.497 e. The van der Waals surface area contributed by atoms with Crippen molar-refractivity contribution in [2.45, 2.75) is 62.6 Å². The van der Waals surface area contributed by atoms with Crippen molar-refractivity contribution in [3.8, 4) is 11.5 Å². The molecule has 0 spiro atoms. The van der Waals surface area contributed by atoms with E-state index in [0.717, 1.165) is 41.6 Å². The van der Waals surface area contributed by atoms with Crippen LogP contribution in [0.3, 0.4) is 0 Å². The zero-order chi connectivity index (χ0) is 36.5. The van der Waals surface area contributed by atoms with Crippen LogP contribution in [0.4, 0.5) is 11.4 Å². The second-order valence-electron chi connectivity index (χ2n) is 12.5. The predicted octanol–water partition coefficient (Wildman–Crippen LogP) is 5.81. The first-order valence-electron chi connectivity index (χ1n) is 16.7. The highest BCUT2D eigenvalue weighted by molar-refractivity contribution is 7.92. The second kappa shape index (κ2) is 16.5. The number of nitro groups is 1. The number of hydrogen-bond donors (Lipinski definition) is 1. The number of amides is 2. The van der Waals surface area contributed by atoms with Crippen molar-refractivity contribution in [1.82, 2.24) is 10.2 Å². The summed E-state index contributed by atoms with van der Waals surface area (Å²) in [6, 6.07) is 25.1. The molecule has 0 unspecified atom stereocenters. The summed E-state index contributed by atoms with van der Waals surface area (Å²) in [5.74, 6) is 0.0224. The van der Waals surface area contributed by atoms with E-state index in [1.807, 2.05) is 30.3 Å². The molecule has 12 nitrogen and oxygen atoms in total. The van der Waals surface area contributed by atoms with Crippen molar-refractivity contribution in [3.05, 3.63) is 124 Å². The average Bonchev–Trinajstić information content (AvgIpc) is 3.65.